The minimum Gasteiger partial charge on any atom is -0.495 e. The number of hydrogen-bond acceptors (Lipinski definition) is 8. The second-order valence-corrected chi connectivity index (χ2v) is 9.48. The molecule has 0 saturated carbocycles. The van der Waals surface area contributed by atoms with Crippen molar-refractivity contribution in [2.45, 2.75) is 12.8 Å². The van der Waals surface area contributed by atoms with Crippen molar-refractivity contribution in [2.24, 2.45) is 5.92 Å². The molecule has 2 aromatic rings. The van der Waals surface area contributed by atoms with Crippen molar-refractivity contribution >= 4 is 39.5 Å². The highest BCUT2D eigenvalue weighted by molar-refractivity contribution is 7.16. The summed E-state index contributed by atoms with van der Waals surface area (Å²) in [5, 5.41) is 1.43. The zero-order valence-electron chi connectivity index (χ0n) is 17.6. The molecule has 5 rings (SSSR count). The number of aromatic nitrogens is 1. The normalized spacial score (nSPS) is 21.5. The molecule has 9 heteroatoms. The average Bonchev–Trinajstić information content (AvgIpc) is 3.33. The number of halogens is 1. The second kappa shape index (κ2) is 8.94. The number of rotatable bonds is 5. The lowest BCUT2D eigenvalue weighted by atomic mass is 10.0. The number of nitrogens with zero attached hydrogens (tertiary/aromatic N) is 3. The molecular formula is C22H26ClN3O4S. The quantitative estimate of drug-likeness (QED) is 0.675. The lowest BCUT2D eigenvalue weighted by Crippen LogP contribution is -2.36. The molecule has 0 spiro atoms. The van der Waals surface area contributed by atoms with Crippen LogP contribution in [0.2, 0.25) is 5.15 Å². The Morgan fingerprint density at radius 3 is 2.48 bits per heavy atom. The van der Waals surface area contributed by atoms with Gasteiger partial charge in [0.05, 0.1) is 39.2 Å². The molecule has 2 aliphatic heterocycles. The maximum absolute atomic E-state index is 13.2. The summed E-state index contributed by atoms with van der Waals surface area (Å²) in [6, 6.07) is 4.04. The van der Waals surface area contributed by atoms with Gasteiger partial charge in [-0.1, -0.05) is 11.6 Å². The Kier molecular flexibility index (Phi) is 6.05. The lowest BCUT2D eigenvalue weighted by molar-refractivity contribution is 0.0936. The van der Waals surface area contributed by atoms with Gasteiger partial charge in [0, 0.05) is 42.5 Å². The predicted molar refractivity (Wildman–Crippen MR) is 121 cm³/mol. The topological polar surface area (TPSA) is 64.1 Å². The monoisotopic (exact) mass is 463 g/mol. The van der Waals surface area contributed by atoms with E-state index in [9.17, 15) is 4.79 Å². The summed E-state index contributed by atoms with van der Waals surface area (Å²) in [5.74, 6) is 0.800. The molecule has 1 aliphatic carbocycles. The van der Waals surface area contributed by atoms with Gasteiger partial charge >= 0.3 is 0 Å². The fraction of sp³-hybridized carbons (Fsp3) is 0.545. The molecule has 0 N–H and O–H groups in total. The molecule has 31 heavy (non-hydrogen) atoms. The van der Waals surface area contributed by atoms with Crippen molar-refractivity contribution in [3.05, 3.63) is 33.3 Å². The number of hydrogen-bond donors (Lipinski definition) is 0. The van der Waals surface area contributed by atoms with Gasteiger partial charge in [-0.25, -0.2) is 4.98 Å². The zero-order valence-corrected chi connectivity index (χ0v) is 19.1. The largest absolute Gasteiger partial charge is 0.495 e. The molecule has 1 aromatic heterocycles. The number of morpholine rings is 2. The highest BCUT2D eigenvalue weighted by Gasteiger charge is 2.34. The van der Waals surface area contributed by atoms with Crippen molar-refractivity contribution < 1.29 is 19.0 Å². The number of benzene rings is 1. The molecule has 3 heterocycles. The summed E-state index contributed by atoms with van der Waals surface area (Å²) in [6.07, 6.45) is 1.33. The van der Waals surface area contributed by atoms with E-state index < -0.39 is 0 Å². The van der Waals surface area contributed by atoms with Crippen LogP contribution in [-0.4, -0.2) is 70.5 Å². The van der Waals surface area contributed by atoms with Gasteiger partial charge in [0.1, 0.15) is 10.9 Å². The molecule has 0 amide bonds. The minimum absolute atomic E-state index is 0.116. The first-order valence-corrected chi connectivity index (χ1v) is 11.9. The fourth-order valence-corrected chi connectivity index (χ4v) is 5.94. The first kappa shape index (κ1) is 21.0. The summed E-state index contributed by atoms with van der Waals surface area (Å²) >= 11 is 8.06. The number of ether oxygens (including phenoxy) is 3. The minimum atomic E-state index is -0.116. The Morgan fingerprint density at radius 1 is 1.13 bits per heavy atom. The first-order chi connectivity index (χ1) is 15.1. The van der Waals surface area contributed by atoms with E-state index in [1.54, 1.807) is 18.4 Å². The fourth-order valence-electron chi connectivity index (χ4n) is 4.53. The van der Waals surface area contributed by atoms with E-state index >= 15 is 0 Å². The van der Waals surface area contributed by atoms with Gasteiger partial charge in [0.25, 0.3) is 0 Å². The predicted octanol–water partition coefficient (Wildman–Crippen LogP) is 3.08. The smallest absolute Gasteiger partial charge is 0.187 e. The number of fused-ring (bicyclic) bond motifs is 1. The third-order valence-electron chi connectivity index (χ3n) is 6.21. The van der Waals surface area contributed by atoms with Crippen LogP contribution in [-0.2, 0) is 22.3 Å². The van der Waals surface area contributed by atoms with Crippen LogP contribution in [0.25, 0.3) is 0 Å². The molecule has 7 nitrogen and oxygen atoms in total. The Bertz CT molecular complexity index is 970. The lowest BCUT2D eigenvalue weighted by Gasteiger charge is -2.30. The summed E-state index contributed by atoms with van der Waals surface area (Å²) in [5.41, 5.74) is 2.91. The molecule has 3 aliphatic rings. The molecule has 2 fully saturated rings. The van der Waals surface area contributed by atoms with Gasteiger partial charge in [-0.05, 0) is 30.5 Å². The average molecular weight is 464 g/mol. The molecule has 1 aromatic carbocycles. The van der Waals surface area contributed by atoms with Crippen LogP contribution in [0.4, 0.5) is 10.8 Å². The van der Waals surface area contributed by atoms with E-state index in [-0.39, 0.29) is 11.7 Å². The van der Waals surface area contributed by atoms with E-state index in [0.29, 0.717) is 38.0 Å². The number of Topliss-reactive ketones (excluding diaryl/α,β-unsaturated/α-hetero) is 1. The van der Waals surface area contributed by atoms with Crippen molar-refractivity contribution in [1.82, 2.24) is 4.98 Å². The highest BCUT2D eigenvalue weighted by Crippen LogP contribution is 2.40. The summed E-state index contributed by atoms with van der Waals surface area (Å²) in [6.45, 7) is 6.11. The molecule has 166 valence electrons. The second-order valence-electron chi connectivity index (χ2n) is 8.06. The number of methoxy groups -OCH3 is 1. The third kappa shape index (κ3) is 4.14. The van der Waals surface area contributed by atoms with E-state index in [4.69, 9.17) is 25.8 Å². The van der Waals surface area contributed by atoms with Crippen LogP contribution >= 0.6 is 22.9 Å². The van der Waals surface area contributed by atoms with Gasteiger partial charge < -0.3 is 24.0 Å². The SMILES string of the molecule is COc1cc2c(cc1N1CCOCC1)CC(Cc1sc(N3CCOCC3)nc1Cl)C2=O. The molecular weight excluding hydrogens is 438 g/mol. The Balaban J connectivity index is 1.35. The zero-order chi connectivity index (χ0) is 21.4. The summed E-state index contributed by atoms with van der Waals surface area (Å²) in [4.78, 5) is 23.2. The number of carbonyl (C=O) groups excluding carboxylic acids is 1. The third-order valence-corrected chi connectivity index (χ3v) is 7.77. The van der Waals surface area contributed by atoms with Gasteiger partial charge in [-0.3, -0.25) is 4.79 Å². The van der Waals surface area contributed by atoms with Gasteiger partial charge in [-0.15, -0.1) is 11.3 Å². The molecule has 0 radical (unpaired) electrons. The maximum atomic E-state index is 13.2. The van der Waals surface area contributed by atoms with Gasteiger partial charge in [-0.2, -0.15) is 0 Å². The van der Waals surface area contributed by atoms with E-state index in [0.717, 1.165) is 65.2 Å². The standard InChI is InChI=1S/C22H26ClN3O4S/c1-28-18-13-16-14(11-17(18)25-2-6-29-7-3-25)10-15(20(16)27)12-19-21(23)24-22(31-19)26-4-8-30-9-5-26/h11,13,15H,2-10,12H2,1H3. The van der Waals surface area contributed by atoms with Crippen LogP contribution in [0.3, 0.4) is 0 Å². The molecule has 2 saturated heterocycles. The van der Waals surface area contributed by atoms with Gasteiger partial charge in [0.2, 0.25) is 0 Å². The van der Waals surface area contributed by atoms with Crippen molar-refractivity contribution in [1.29, 1.82) is 0 Å². The van der Waals surface area contributed by atoms with Crippen LogP contribution in [0.1, 0.15) is 20.8 Å². The van der Waals surface area contributed by atoms with E-state index in [1.807, 2.05) is 6.07 Å². The van der Waals surface area contributed by atoms with Crippen LogP contribution in [0.5, 0.6) is 5.75 Å². The molecule has 1 unspecified atom stereocenters. The van der Waals surface area contributed by atoms with E-state index in [2.05, 4.69) is 20.9 Å². The van der Waals surface area contributed by atoms with Crippen LogP contribution in [0, 0.1) is 5.92 Å². The number of anilines is 2. The first-order valence-electron chi connectivity index (χ1n) is 10.7. The number of ketones is 1. The Labute approximate surface area is 190 Å². The number of carbonyl (C=O) groups is 1. The van der Waals surface area contributed by atoms with Crippen molar-refractivity contribution in [2.75, 3.05) is 69.5 Å². The molecule has 0 bridgehead atoms. The Hall–Kier alpha value is -1.87. The summed E-state index contributed by atoms with van der Waals surface area (Å²) in [7, 11) is 1.66. The van der Waals surface area contributed by atoms with Crippen molar-refractivity contribution in [3.63, 3.8) is 0 Å². The summed E-state index contributed by atoms with van der Waals surface area (Å²) < 4.78 is 16.5. The maximum Gasteiger partial charge on any atom is 0.187 e. The van der Waals surface area contributed by atoms with Crippen LogP contribution < -0.4 is 14.5 Å². The molecule has 1 atom stereocenters. The number of thiazole rings is 1. The van der Waals surface area contributed by atoms with Gasteiger partial charge in [0.15, 0.2) is 10.9 Å². The van der Waals surface area contributed by atoms with E-state index in [1.165, 1.54) is 0 Å². The highest BCUT2D eigenvalue weighted by atomic mass is 35.5. The van der Waals surface area contributed by atoms with Crippen LogP contribution in [0.15, 0.2) is 12.1 Å². The Morgan fingerprint density at radius 2 is 1.81 bits per heavy atom. The van der Waals surface area contributed by atoms with Crippen molar-refractivity contribution in [3.8, 4) is 5.75 Å².